The van der Waals surface area contributed by atoms with Crippen molar-refractivity contribution in [1.29, 1.82) is 0 Å². The van der Waals surface area contributed by atoms with E-state index in [-0.39, 0.29) is 0 Å². The Balaban J connectivity index is 1.32. The topological polar surface area (TPSA) is 28.7 Å². The maximum atomic E-state index is 4.87. The number of aromatic amines is 1. The number of para-hydroxylation sites is 2. The average Bonchev–Trinajstić information content (AvgIpc) is 3.61. The number of fused-ring (bicyclic) bond motifs is 5. The molecule has 0 spiro atoms. The molecule has 1 heterocycles. The molecule has 1 aliphatic carbocycles. The van der Waals surface area contributed by atoms with E-state index in [1.807, 2.05) is 18.2 Å². The summed E-state index contributed by atoms with van der Waals surface area (Å²) in [4.78, 5) is 8.37. The summed E-state index contributed by atoms with van der Waals surface area (Å²) in [6.45, 7) is 0. The van der Waals surface area contributed by atoms with Crippen LogP contribution in [0, 0.1) is 0 Å². The minimum absolute atomic E-state index is 0.519. The molecule has 0 atom stereocenters. The second-order valence-electron chi connectivity index (χ2n) is 12.7. The fraction of sp³-hybridized carbons (Fsp3) is 0.0217. The summed E-state index contributed by atoms with van der Waals surface area (Å²) in [7, 11) is 0. The van der Waals surface area contributed by atoms with Crippen molar-refractivity contribution in [2.75, 3.05) is 0 Å². The molecule has 1 aliphatic rings. The van der Waals surface area contributed by atoms with E-state index in [1.54, 1.807) is 0 Å². The molecule has 0 amide bonds. The number of rotatable bonds is 4. The fourth-order valence-corrected chi connectivity index (χ4v) is 8.36. The molecule has 9 aromatic rings. The lowest BCUT2D eigenvalue weighted by atomic mass is 9.58. The van der Waals surface area contributed by atoms with Crippen LogP contribution in [0.15, 0.2) is 176 Å². The summed E-state index contributed by atoms with van der Waals surface area (Å²) in [5.41, 5.74) is 12.8. The van der Waals surface area contributed by atoms with Crippen molar-refractivity contribution < 1.29 is 0 Å². The quantitative estimate of drug-likeness (QED) is 0.197. The van der Waals surface area contributed by atoms with E-state index in [0.717, 1.165) is 22.4 Å². The first kappa shape index (κ1) is 26.9. The summed E-state index contributed by atoms with van der Waals surface area (Å²) >= 11 is 0. The van der Waals surface area contributed by atoms with Crippen LogP contribution in [-0.2, 0) is 5.41 Å². The highest BCUT2D eigenvalue weighted by Crippen LogP contribution is 2.58. The van der Waals surface area contributed by atoms with E-state index < -0.39 is 5.41 Å². The first-order chi connectivity index (χ1) is 23.8. The minimum atomic E-state index is -0.519. The third-order valence-corrected chi connectivity index (χ3v) is 10.3. The molecule has 48 heavy (non-hydrogen) atoms. The van der Waals surface area contributed by atoms with Gasteiger partial charge in [-0.15, -0.1) is 0 Å². The largest absolute Gasteiger partial charge is 0.338 e. The second kappa shape index (κ2) is 10.4. The molecule has 10 rings (SSSR count). The Bertz CT molecular complexity index is 2580. The Hall–Kier alpha value is -6.25. The lowest BCUT2D eigenvalue weighted by Crippen LogP contribution is -2.34. The predicted octanol–water partition coefficient (Wildman–Crippen LogP) is 11.6. The molecule has 0 unspecified atom stereocenters. The van der Waals surface area contributed by atoms with Crippen molar-refractivity contribution in [2.24, 2.45) is 0 Å². The van der Waals surface area contributed by atoms with E-state index in [1.165, 1.54) is 66.1 Å². The number of nitrogens with zero attached hydrogens (tertiary/aromatic N) is 1. The zero-order valence-electron chi connectivity index (χ0n) is 26.2. The standard InChI is InChI=1S/C46H30N2/c1-3-14-32(15-4-1)46(33-16-5-2-6-17-33)39-23-10-9-18-34(39)35-21-13-22-38-42(36-19-7-8-20-37(36)44(46)43(35)38)30-26-28-31(29-27-30)45-47-40-24-11-12-25-41(40)48-45/h1-29H,(H,47,48). The Labute approximate surface area is 279 Å². The SMILES string of the molecule is c1ccc(C2(c3ccccc3)c3ccccc3-c3cccc4c(-c5ccc(-c6nc7ccccc7[nH]6)cc5)c5ccccc5c2c34)cc1. The van der Waals surface area contributed by atoms with Gasteiger partial charge in [-0.2, -0.15) is 0 Å². The number of nitrogens with one attached hydrogen (secondary N) is 1. The molecule has 8 aromatic carbocycles. The molecule has 0 fully saturated rings. The molecule has 2 heteroatoms. The van der Waals surface area contributed by atoms with Gasteiger partial charge in [-0.3, -0.25) is 0 Å². The Morgan fingerprint density at radius 1 is 0.438 bits per heavy atom. The Kier molecular flexibility index (Phi) is 5.82. The average molecular weight is 611 g/mol. The van der Waals surface area contributed by atoms with Crippen molar-refractivity contribution in [2.45, 2.75) is 5.41 Å². The van der Waals surface area contributed by atoms with Gasteiger partial charge >= 0.3 is 0 Å². The minimum Gasteiger partial charge on any atom is -0.338 e. The van der Waals surface area contributed by atoms with Gasteiger partial charge in [0.05, 0.1) is 16.4 Å². The highest BCUT2D eigenvalue weighted by atomic mass is 14.9. The van der Waals surface area contributed by atoms with Crippen molar-refractivity contribution in [3.63, 3.8) is 0 Å². The van der Waals surface area contributed by atoms with Gasteiger partial charge < -0.3 is 4.98 Å². The van der Waals surface area contributed by atoms with E-state index in [2.05, 4.69) is 163 Å². The number of imidazole rings is 1. The molecule has 0 bridgehead atoms. The maximum absolute atomic E-state index is 4.87. The molecule has 0 radical (unpaired) electrons. The van der Waals surface area contributed by atoms with Crippen LogP contribution in [0.25, 0.3) is 66.2 Å². The number of benzene rings is 8. The molecule has 1 aromatic heterocycles. The molecule has 0 saturated carbocycles. The normalized spacial score (nSPS) is 13.2. The van der Waals surface area contributed by atoms with Gasteiger partial charge in [0.25, 0.3) is 0 Å². The molecule has 224 valence electrons. The zero-order valence-corrected chi connectivity index (χ0v) is 26.2. The number of hydrogen-bond acceptors (Lipinski definition) is 1. The fourth-order valence-electron chi connectivity index (χ4n) is 8.36. The first-order valence-electron chi connectivity index (χ1n) is 16.6. The van der Waals surface area contributed by atoms with Crippen LogP contribution in [0.4, 0.5) is 0 Å². The van der Waals surface area contributed by atoms with E-state index >= 15 is 0 Å². The third-order valence-electron chi connectivity index (χ3n) is 10.3. The van der Waals surface area contributed by atoms with Crippen LogP contribution < -0.4 is 0 Å². The van der Waals surface area contributed by atoms with Crippen LogP contribution in [0.5, 0.6) is 0 Å². The number of hydrogen-bond donors (Lipinski definition) is 1. The zero-order chi connectivity index (χ0) is 31.7. The molecule has 2 nitrogen and oxygen atoms in total. The van der Waals surface area contributed by atoms with Gasteiger partial charge in [0, 0.05) is 5.56 Å². The summed E-state index contributed by atoms with van der Waals surface area (Å²) in [5, 5.41) is 5.11. The molecule has 0 saturated heterocycles. The van der Waals surface area contributed by atoms with Gasteiger partial charge in [-0.1, -0.05) is 164 Å². The monoisotopic (exact) mass is 610 g/mol. The van der Waals surface area contributed by atoms with Crippen LogP contribution in [0.3, 0.4) is 0 Å². The second-order valence-corrected chi connectivity index (χ2v) is 12.7. The number of aromatic nitrogens is 2. The van der Waals surface area contributed by atoms with Gasteiger partial charge in [-0.25, -0.2) is 4.98 Å². The molecular weight excluding hydrogens is 581 g/mol. The van der Waals surface area contributed by atoms with E-state index in [0.29, 0.717) is 0 Å². The van der Waals surface area contributed by atoms with Crippen LogP contribution in [0.2, 0.25) is 0 Å². The lowest BCUT2D eigenvalue weighted by Gasteiger charge is -2.43. The van der Waals surface area contributed by atoms with Gasteiger partial charge in [0.2, 0.25) is 0 Å². The predicted molar refractivity (Wildman–Crippen MR) is 199 cm³/mol. The Morgan fingerprint density at radius 3 is 1.77 bits per heavy atom. The van der Waals surface area contributed by atoms with Gasteiger partial charge in [0.15, 0.2) is 0 Å². The summed E-state index contributed by atoms with van der Waals surface area (Å²) in [6, 6.07) is 64.2. The summed E-state index contributed by atoms with van der Waals surface area (Å²) in [5.74, 6) is 0.886. The highest BCUT2D eigenvalue weighted by molar-refractivity contribution is 6.21. The number of H-pyrrole nitrogens is 1. The Morgan fingerprint density at radius 2 is 1.02 bits per heavy atom. The van der Waals surface area contributed by atoms with Crippen LogP contribution in [0.1, 0.15) is 22.3 Å². The summed E-state index contributed by atoms with van der Waals surface area (Å²) in [6.07, 6.45) is 0. The van der Waals surface area contributed by atoms with Gasteiger partial charge in [-0.05, 0) is 78.2 Å². The van der Waals surface area contributed by atoms with Gasteiger partial charge in [0.1, 0.15) is 5.82 Å². The van der Waals surface area contributed by atoms with Crippen molar-refractivity contribution in [3.05, 3.63) is 198 Å². The smallest absolute Gasteiger partial charge is 0.138 e. The van der Waals surface area contributed by atoms with Crippen molar-refractivity contribution >= 4 is 32.6 Å². The van der Waals surface area contributed by atoms with Crippen LogP contribution in [-0.4, -0.2) is 9.97 Å². The molecule has 1 N–H and O–H groups in total. The van der Waals surface area contributed by atoms with E-state index in [9.17, 15) is 0 Å². The molecule has 0 aliphatic heterocycles. The first-order valence-corrected chi connectivity index (χ1v) is 16.6. The maximum Gasteiger partial charge on any atom is 0.138 e. The lowest BCUT2D eigenvalue weighted by molar-refractivity contribution is 0.757. The molecular formula is C46H30N2. The van der Waals surface area contributed by atoms with Crippen molar-refractivity contribution in [1.82, 2.24) is 9.97 Å². The van der Waals surface area contributed by atoms with E-state index in [4.69, 9.17) is 4.98 Å². The third kappa shape index (κ3) is 3.72. The summed E-state index contributed by atoms with van der Waals surface area (Å²) < 4.78 is 0. The van der Waals surface area contributed by atoms with Crippen molar-refractivity contribution in [3.8, 4) is 33.6 Å². The van der Waals surface area contributed by atoms with Crippen LogP contribution >= 0.6 is 0 Å². The highest BCUT2D eigenvalue weighted by Gasteiger charge is 2.45.